The Morgan fingerprint density at radius 3 is 0.500 bits per heavy atom. The Kier molecular flexibility index (Phi) is 1300. The molecule has 2 nitrogen and oxygen atoms in total. The van der Waals surface area contributed by atoms with Gasteiger partial charge in [0.1, 0.15) is 0 Å². The van der Waals surface area contributed by atoms with Crippen LogP contribution in [0.2, 0.25) is 0 Å². The molecule has 0 rings (SSSR count). The first-order valence-corrected chi connectivity index (χ1v) is 1.73. The highest BCUT2D eigenvalue weighted by Crippen LogP contribution is 1.23. The first-order valence-electron chi connectivity index (χ1n) is 0.577. The molecule has 0 fully saturated rings. The van der Waals surface area contributed by atoms with Gasteiger partial charge in [-0.15, -0.1) is 49.6 Å². The third-order valence-electron chi connectivity index (χ3n) is 0. The molecule has 0 saturated carbocycles. The minimum absolute atomic E-state index is 0. The molecular weight excluding hydrogens is 236 g/mol. The van der Waals surface area contributed by atoms with Gasteiger partial charge in [-0.25, -0.2) is 0 Å². The van der Waals surface area contributed by atoms with E-state index in [4.69, 9.17) is 9.13 Å². The third-order valence-corrected chi connectivity index (χ3v) is 0. The lowest BCUT2D eigenvalue weighted by molar-refractivity contribution is 0.607. The molecule has 8 heteroatoms. The van der Waals surface area contributed by atoms with E-state index in [9.17, 15) is 0 Å². The summed E-state index contributed by atoms with van der Waals surface area (Å²) in [6.45, 7) is 0. The van der Waals surface area contributed by atoms with Gasteiger partial charge in [0.05, 0.1) is 18.2 Å². The first-order chi connectivity index (χ1) is 2.00. The van der Waals surface area contributed by atoms with Crippen molar-refractivity contribution in [2.75, 3.05) is 0 Å². The predicted molar refractivity (Wildman–Crippen MR) is 52.6 cm³/mol. The summed E-state index contributed by atoms with van der Waals surface area (Å²) in [5.74, 6) is 0. The summed E-state index contributed by atoms with van der Waals surface area (Å²) in [5, 5.41) is 0. The van der Waals surface area contributed by atoms with E-state index in [1.54, 1.807) is 0 Å². The van der Waals surface area contributed by atoms with E-state index in [0.29, 0.717) is 18.2 Å². The molecule has 60 valence electrons. The molecule has 0 aromatic rings. The highest BCUT2D eigenvalue weighted by atomic mass is 35.5. The molecule has 2 unspecified atom stereocenters. The van der Waals surface area contributed by atoms with Gasteiger partial charge in [0.25, 0.3) is 0 Å². The van der Waals surface area contributed by atoms with Crippen LogP contribution in [0, 0.1) is 0 Å². The molecule has 0 bridgehead atoms. The average Bonchev–Trinajstić information content (AvgIpc) is 1.50. The maximum atomic E-state index is 8.28. The molecule has 0 aliphatic carbocycles. The summed E-state index contributed by atoms with van der Waals surface area (Å²) in [7, 11) is 1.22. The molecule has 0 aliphatic heterocycles. The van der Waals surface area contributed by atoms with Gasteiger partial charge in [-0.2, -0.15) is 0 Å². The minimum atomic E-state index is 0. The van der Waals surface area contributed by atoms with Crippen molar-refractivity contribution in [1.82, 2.24) is 0 Å². The molecule has 0 spiro atoms. The minimum Gasteiger partial charge on any atom is -0.333 e. The lowest BCUT2D eigenvalue weighted by Crippen LogP contribution is -0.489. The van der Waals surface area contributed by atoms with Crippen molar-refractivity contribution in [1.29, 1.82) is 0 Å². The van der Waals surface area contributed by atoms with Crippen molar-refractivity contribution in [2.24, 2.45) is 0 Å². The third kappa shape index (κ3) is 127. The van der Waals surface area contributed by atoms with E-state index in [1.165, 1.54) is 0 Å². The van der Waals surface area contributed by atoms with Gasteiger partial charge in [0, 0.05) is 0 Å². The van der Waals surface area contributed by atoms with Crippen molar-refractivity contribution in [3.8, 4) is 0 Å². The second-order valence-electron chi connectivity index (χ2n) is 0. The summed E-state index contributed by atoms with van der Waals surface area (Å²) in [4.78, 5) is 0. The lowest BCUT2D eigenvalue weighted by Gasteiger charge is -0.873. The molecule has 0 N–H and O–H groups in total. The fourth-order valence-electron chi connectivity index (χ4n) is 0. The van der Waals surface area contributed by atoms with E-state index >= 15 is 0 Å². The Balaban J connectivity index is -0.00000000167. The summed E-state index contributed by atoms with van der Waals surface area (Å²) in [6, 6.07) is 0. The SMILES string of the molecule is Cl.Cl.Cl.Cl.O=[PH3].O=[PH3]. The highest BCUT2D eigenvalue weighted by Gasteiger charge is 0.595. The fourth-order valence-corrected chi connectivity index (χ4v) is 0. The van der Waals surface area contributed by atoms with Gasteiger partial charge in [-0.1, -0.05) is 0 Å². The maximum absolute atomic E-state index is 8.28. The van der Waals surface area contributed by atoms with E-state index in [0.717, 1.165) is 0 Å². The van der Waals surface area contributed by atoms with Crippen LogP contribution >= 0.6 is 67.9 Å². The summed E-state index contributed by atoms with van der Waals surface area (Å²) in [6.07, 6.45) is 0. The highest BCUT2D eigenvalue weighted by molar-refractivity contribution is 7.00. The maximum Gasteiger partial charge on any atom is 0.0527 e. The molecular formula is H10Cl4O2P2. The molecule has 0 heterocycles. The Bertz CT molecular complexity index is 14.0. The molecule has 0 aromatic carbocycles. The van der Waals surface area contributed by atoms with Crippen molar-refractivity contribution < 1.29 is 9.13 Å². The van der Waals surface area contributed by atoms with Gasteiger partial charge in [0.2, 0.25) is 0 Å². The van der Waals surface area contributed by atoms with E-state index in [-0.39, 0.29) is 49.6 Å². The second-order valence-corrected chi connectivity index (χ2v) is 0. The predicted octanol–water partition coefficient (Wildman–Crippen LogP) is 1.57. The van der Waals surface area contributed by atoms with Crippen molar-refractivity contribution >= 4 is 67.9 Å². The molecule has 8 heavy (non-hydrogen) atoms. The van der Waals surface area contributed by atoms with Gasteiger partial charge in [-0.3, -0.25) is 0 Å². The zero-order valence-corrected chi connectivity index (χ0v) is 9.96. The Hall–Kier alpha value is 1.62. The molecule has 0 amide bonds. The van der Waals surface area contributed by atoms with Gasteiger partial charge in [0.15, 0.2) is 0 Å². The molecule has 0 aromatic heterocycles. The van der Waals surface area contributed by atoms with Crippen LogP contribution in [-0.4, -0.2) is 0 Å². The first kappa shape index (κ1) is 54.5. The zero-order valence-electron chi connectivity index (χ0n) is 3.86. The topological polar surface area (TPSA) is 34.1 Å². The summed E-state index contributed by atoms with van der Waals surface area (Å²) >= 11 is 0. The lowest BCUT2D eigenvalue weighted by atomic mass is 16.0. The van der Waals surface area contributed by atoms with Crippen LogP contribution in [0.15, 0.2) is 0 Å². The number of hydrogen-bond donors (Lipinski definition) is 0. The van der Waals surface area contributed by atoms with Gasteiger partial charge < -0.3 is 9.13 Å². The quantitative estimate of drug-likeness (QED) is 0.607. The van der Waals surface area contributed by atoms with Crippen LogP contribution in [0.3, 0.4) is 0 Å². The molecule has 0 aliphatic rings. The number of hydrogen-bond acceptors (Lipinski definition) is 2. The van der Waals surface area contributed by atoms with E-state index in [1.807, 2.05) is 0 Å². The second kappa shape index (κ2) is 191. The monoisotopic (exact) mass is 244 g/mol. The van der Waals surface area contributed by atoms with Crippen LogP contribution in [-0.2, 0) is 9.13 Å². The normalized spacial score (nSPS) is 2.00. The Morgan fingerprint density at radius 1 is 0.500 bits per heavy atom. The average molecular weight is 246 g/mol. The molecule has 2 atom stereocenters. The standard InChI is InChI=1S/4ClH.2H3OP/c;;;;2*1-2/h4*1H;2*2H3. The van der Waals surface area contributed by atoms with Crippen LogP contribution in [0.4, 0.5) is 0 Å². The van der Waals surface area contributed by atoms with Gasteiger partial charge >= 0.3 is 0 Å². The van der Waals surface area contributed by atoms with Crippen LogP contribution in [0.5, 0.6) is 0 Å². The van der Waals surface area contributed by atoms with E-state index < -0.39 is 0 Å². The zero-order chi connectivity index (χ0) is 4.00. The smallest absolute Gasteiger partial charge is 0.0527 e. The molecule has 0 radical (unpaired) electrons. The van der Waals surface area contributed by atoms with Crippen LogP contribution < -0.4 is 0 Å². The van der Waals surface area contributed by atoms with Gasteiger partial charge in [-0.05, 0) is 0 Å². The Morgan fingerprint density at radius 2 is 0.500 bits per heavy atom. The number of halogens is 4. The Labute approximate surface area is 77.1 Å². The fraction of sp³-hybridized carbons (Fsp3) is 0. The van der Waals surface area contributed by atoms with Crippen LogP contribution in [0.25, 0.3) is 0 Å². The summed E-state index contributed by atoms with van der Waals surface area (Å²) in [5.41, 5.74) is 0. The number of rotatable bonds is 0. The van der Waals surface area contributed by atoms with Crippen molar-refractivity contribution in [2.45, 2.75) is 0 Å². The summed E-state index contributed by atoms with van der Waals surface area (Å²) < 4.78 is 16.6. The van der Waals surface area contributed by atoms with Crippen molar-refractivity contribution in [3.63, 3.8) is 0 Å². The van der Waals surface area contributed by atoms with E-state index in [2.05, 4.69) is 0 Å². The largest absolute Gasteiger partial charge is 0.333 e. The van der Waals surface area contributed by atoms with Crippen LogP contribution in [0.1, 0.15) is 0 Å². The molecule has 0 saturated heterocycles. The van der Waals surface area contributed by atoms with Crippen molar-refractivity contribution in [3.05, 3.63) is 0 Å².